The average Bonchev–Trinajstić information content (AvgIpc) is 2.60. The van der Waals surface area contributed by atoms with Gasteiger partial charge >= 0.3 is 0 Å². The topological polar surface area (TPSA) is 29.9 Å². The van der Waals surface area contributed by atoms with Crippen LogP contribution in [-0.4, -0.2) is 15.6 Å². The molecule has 3 rings (SSSR count). The van der Waals surface area contributed by atoms with Crippen LogP contribution in [0.15, 0.2) is 0 Å². The quantitative estimate of drug-likeness (QED) is 0.681. The third-order valence-corrected chi connectivity index (χ3v) is 3.43. The van der Waals surface area contributed by atoms with E-state index in [4.69, 9.17) is 0 Å². The minimum absolute atomic E-state index is 0.569. The summed E-state index contributed by atoms with van der Waals surface area (Å²) in [6, 6.07) is 1.19. The fraction of sp³-hybridized carbons (Fsp3) is 0.727. The van der Waals surface area contributed by atoms with Gasteiger partial charge in [0, 0.05) is 17.8 Å². The van der Waals surface area contributed by atoms with Gasteiger partial charge in [-0.25, -0.2) is 4.98 Å². The van der Waals surface area contributed by atoms with Gasteiger partial charge in [-0.2, -0.15) is 0 Å². The van der Waals surface area contributed by atoms with E-state index in [1.165, 1.54) is 37.1 Å². The van der Waals surface area contributed by atoms with Gasteiger partial charge in [0.1, 0.15) is 0 Å². The van der Waals surface area contributed by atoms with Gasteiger partial charge in [-0.1, -0.05) is 0 Å². The Morgan fingerprint density at radius 2 is 2.21 bits per heavy atom. The largest absolute Gasteiger partial charge is 0.353 e. The summed E-state index contributed by atoms with van der Waals surface area (Å²) in [7, 11) is 0. The Bertz CT molecular complexity index is 367. The number of nitrogens with one attached hydrogen (secondary N) is 1. The van der Waals surface area contributed by atoms with E-state index >= 15 is 0 Å². The molecule has 2 heterocycles. The second-order valence-electron chi connectivity index (χ2n) is 4.68. The van der Waals surface area contributed by atoms with Gasteiger partial charge < -0.3 is 9.88 Å². The zero-order valence-corrected chi connectivity index (χ0v) is 8.88. The highest BCUT2D eigenvalue weighted by Gasteiger charge is 2.28. The molecule has 0 spiro atoms. The molecular formula is C11H17N3. The second kappa shape index (κ2) is 2.75. The predicted octanol–water partition coefficient (Wildman–Crippen LogP) is 2.14. The lowest BCUT2D eigenvalue weighted by atomic mass is 10.1. The molecule has 0 aromatic carbocycles. The molecule has 1 aromatic heterocycles. The summed E-state index contributed by atoms with van der Waals surface area (Å²) in [4.78, 5) is 4.68. The number of aryl methyl sites for hydroxylation is 1. The lowest BCUT2D eigenvalue weighted by Gasteiger charge is -2.29. The van der Waals surface area contributed by atoms with Crippen LogP contribution in [0.5, 0.6) is 0 Å². The molecule has 2 aliphatic rings. The molecule has 76 valence electrons. The Morgan fingerprint density at radius 1 is 1.36 bits per heavy atom. The summed E-state index contributed by atoms with van der Waals surface area (Å²) < 4.78 is 2.42. The number of hydrogen-bond acceptors (Lipinski definition) is 2. The molecule has 3 heteroatoms. The van der Waals surface area contributed by atoms with Crippen LogP contribution in [0.2, 0.25) is 0 Å². The number of imidazole rings is 1. The second-order valence-corrected chi connectivity index (χ2v) is 4.68. The van der Waals surface area contributed by atoms with E-state index in [1.807, 2.05) is 0 Å². The molecule has 0 radical (unpaired) electrons. The third kappa shape index (κ3) is 1.01. The van der Waals surface area contributed by atoms with Crippen molar-refractivity contribution in [3.63, 3.8) is 0 Å². The van der Waals surface area contributed by atoms with Crippen molar-refractivity contribution in [2.45, 2.75) is 51.6 Å². The van der Waals surface area contributed by atoms with Crippen LogP contribution in [0.1, 0.15) is 44.1 Å². The molecule has 2 unspecified atom stereocenters. The number of rotatable bonds is 0. The Kier molecular flexibility index (Phi) is 1.64. The molecule has 1 aliphatic carbocycles. The van der Waals surface area contributed by atoms with Crippen LogP contribution < -0.4 is 5.32 Å². The van der Waals surface area contributed by atoms with Gasteiger partial charge in [0.15, 0.2) is 0 Å². The van der Waals surface area contributed by atoms with E-state index in [2.05, 4.69) is 28.7 Å². The molecule has 0 saturated carbocycles. The van der Waals surface area contributed by atoms with E-state index in [0.29, 0.717) is 12.1 Å². The number of anilines is 1. The first-order valence-electron chi connectivity index (χ1n) is 5.62. The Hall–Kier alpha value is -0.990. The standard InChI is InChI=1S/C11H17N3/c1-7-6-8(2)14-10-5-3-4-9(10)13-11(14)12-7/h7-8H,3-6H2,1-2H3,(H,12,13). The molecular weight excluding hydrogens is 174 g/mol. The van der Waals surface area contributed by atoms with E-state index < -0.39 is 0 Å². The lowest BCUT2D eigenvalue weighted by molar-refractivity contribution is 0.438. The molecule has 0 saturated heterocycles. The van der Waals surface area contributed by atoms with Crippen molar-refractivity contribution in [2.24, 2.45) is 0 Å². The van der Waals surface area contributed by atoms with Crippen LogP contribution in [0.4, 0.5) is 5.95 Å². The van der Waals surface area contributed by atoms with Crippen LogP contribution in [-0.2, 0) is 12.8 Å². The van der Waals surface area contributed by atoms with Crippen molar-refractivity contribution in [2.75, 3.05) is 5.32 Å². The van der Waals surface area contributed by atoms with E-state index in [-0.39, 0.29) is 0 Å². The van der Waals surface area contributed by atoms with Crippen molar-refractivity contribution in [1.29, 1.82) is 0 Å². The summed E-state index contributed by atoms with van der Waals surface area (Å²) in [5, 5.41) is 3.47. The van der Waals surface area contributed by atoms with Gasteiger partial charge in [0.25, 0.3) is 0 Å². The number of hydrogen-bond donors (Lipinski definition) is 1. The maximum atomic E-state index is 4.68. The number of fused-ring (bicyclic) bond motifs is 3. The molecule has 3 nitrogen and oxygen atoms in total. The molecule has 0 bridgehead atoms. The van der Waals surface area contributed by atoms with Gasteiger partial charge in [0.05, 0.1) is 5.69 Å². The Morgan fingerprint density at radius 3 is 3.07 bits per heavy atom. The molecule has 14 heavy (non-hydrogen) atoms. The minimum atomic E-state index is 0.569. The summed E-state index contributed by atoms with van der Waals surface area (Å²) in [6.07, 6.45) is 4.91. The molecule has 0 fully saturated rings. The van der Waals surface area contributed by atoms with Gasteiger partial charge in [0.2, 0.25) is 5.95 Å². The van der Waals surface area contributed by atoms with Crippen molar-refractivity contribution in [1.82, 2.24) is 9.55 Å². The highest BCUT2D eigenvalue weighted by molar-refractivity contribution is 5.39. The Labute approximate surface area is 84.5 Å². The molecule has 0 amide bonds. The summed E-state index contributed by atoms with van der Waals surface area (Å²) in [5.41, 5.74) is 2.83. The highest BCUT2D eigenvalue weighted by Crippen LogP contribution is 2.33. The van der Waals surface area contributed by atoms with Gasteiger partial charge in [-0.15, -0.1) is 0 Å². The molecule has 1 aromatic rings. The van der Waals surface area contributed by atoms with Gasteiger partial charge in [-0.3, -0.25) is 0 Å². The van der Waals surface area contributed by atoms with Crippen molar-refractivity contribution in [3.8, 4) is 0 Å². The zero-order chi connectivity index (χ0) is 9.71. The van der Waals surface area contributed by atoms with E-state index in [0.717, 1.165) is 5.95 Å². The number of aromatic nitrogens is 2. The van der Waals surface area contributed by atoms with E-state index in [1.54, 1.807) is 0 Å². The molecule has 2 atom stereocenters. The van der Waals surface area contributed by atoms with Crippen molar-refractivity contribution >= 4 is 5.95 Å². The van der Waals surface area contributed by atoms with Gasteiger partial charge in [-0.05, 0) is 39.5 Å². The fourth-order valence-electron chi connectivity index (χ4n) is 2.87. The van der Waals surface area contributed by atoms with Crippen LogP contribution in [0, 0.1) is 0 Å². The van der Waals surface area contributed by atoms with Crippen LogP contribution in [0.25, 0.3) is 0 Å². The SMILES string of the molecule is CC1CC(C)n2c(nc3c2CCC3)N1. The maximum Gasteiger partial charge on any atom is 0.203 e. The predicted molar refractivity (Wildman–Crippen MR) is 56.7 cm³/mol. The van der Waals surface area contributed by atoms with Crippen LogP contribution in [0.3, 0.4) is 0 Å². The maximum absolute atomic E-state index is 4.68. The Balaban J connectivity index is 2.11. The molecule has 1 aliphatic heterocycles. The third-order valence-electron chi connectivity index (χ3n) is 3.43. The highest BCUT2D eigenvalue weighted by atomic mass is 15.3. The summed E-state index contributed by atoms with van der Waals surface area (Å²) in [6.45, 7) is 4.54. The lowest BCUT2D eigenvalue weighted by Crippen LogP contribution is -2.29. The number of nitrogens with zero attached hydrogens (tertiary/aromatic N) is 2. The first-order valence-corrected chi connectivity index (χ1v) is 5.62. The zero-order valence-electron chi connectivity index (χ0n) is 8.88. The first kappa shape index (κ1) is 8.33. The summed E-state index contributed by atoms with van der Waals surface area (Å²) >= 11 is 0. The fourth-order valence-corrected chi connectivity index (χ4v) is 2.87. The monoisotopic (exact) mass is 191 g/mol. The van der Waals surface area contributed by atoms with Crippen molar-refractivity contribution < 1.29 is 0 Å². The first-order chi connectivity index (χ1) is 6.75. The van der Waals surface area contributed by atoms with E-state index in [9.17, 15) is 0 Å². The summed E-state index contributed by atoms with van der Waals surface area (Å²) in [5.74, 6) is 1.11. The minimum Gasteiger partial charge on any atom is -0.353 e. The smallest absolute Gasteiger partial charge is 0.203 e. The van der Waals surface area contributed by atoms with Crippen LogP contribution >= 0.6 is 0 Å². The molecule has 1 N–H and O–H groups in total. The van der Waals surface area contributed by atoms with Crippen molar-refractivity contribution in [3.05, 3.63) is 11.4 Å². The normalized spacial score (nSPS) is 29.6. The average molecular weight is 191 g/mol.